The van der Waals surface area contributed by atoms with Gasteiger partial charge in [-0.3, -0.25) is 0 Å². The van der Waals surface area contributed by atoms with Crippen molar-refractivity contribution in [3.05, 3.63) is 0 Å². The Balaban J connectivity index is 2.73. The van der Waals surface area contributed by atoms with E-state index in [9.17, 15) is 0 Å². The van der Waals surface area contributed by atoms with E-state index in [1.54, 1.807) is 0 Å². The molecule has 0 aromatic carbocycles. The molecule has 0 saturated carbocycles. The topological polar surface area (TPSA) is 53.7 Å². The molecular weight excluding hydrogens is 293 g/mol. The Morgan fingerprint density at radius 2 is 1.58 bits per heavy atom. The van der Waals surface area contributed by atoms with Crippen LogP contribution in [-0.4, -0.2) is 39.6 Å². The molecule has 6 heteroatoms. The zero-order chi connectivity index (χ0) is 9.07. The zero-order valence-corrected chi connectivity index (χ0v) is 9.80. The second-order valence-electron chi connectivity index (χ2n) is 1.90. The smallest absolute Gasteiger partial charge is 0.0857 e. The molecule has 0 amide bonds. The molecule has 0 aromatic heterocycles. The van der Waals surface area contributed by atoms with Crippen molar-refractivity contribution >= 4 is 30.4 Å². The number of nitrogens with two attached hydrogens (primary N) is 1. The molecule has 0 atom stereocenters. The van der Waals surface area contributed by atoms with Gasteiger partial charge < -0.3 is 19.4 Å². The van der Waals surface area contributed by atoms with Gasteiger partial charge in [0.25, 0.3) is 0 Å². The van der Waals surface area contributed by atoms with Crippen LogP contribution in [0.4, 0.5) is 0 Å². The average Bonchev–Trinajstić information content (AvgIpc) is 2.10. The van der Waals surface area contributed by atoms with E-state index in [0.29, 0.717) is 39.6 Å². The predicted octanol–water partition coefficient (Wildman–Crippen LogP) is 0.993. The molecule has 0 aliphatic carbocycles. The molecule has 0 heterocycles. The van der Waals surface area contributed by atoms with Crippen LogP contribution in [0.3, 0.4) is 0 Å². The van der Waals surface area contributed by atoms with Crippen molar-refractivity contribution in [3.63, 3.8) is 0 Å². The molecule has 4 nitrogen and oxygen atoms in total. The highest BCUT2D eigenvalue weighted by molar-refractivity contribution is 14.2. The number of ether oxygens (including phenoxy) is 2. The molecule has 2 N–H and O–H groups in total. The van der Waals surface area contributed by atoms with E-state index in [0.717, 1.165) is 0 Å². The summed E-state index contributed by atoms with van der Waals surface area (Å²) < 4.78 is 15.2. The Bertz CT molecular complexity index is 79.2. The van der Waals surface area contributed by atoms with Gasteiger partial charge in [-0.1, -0.05) is 0 Å². The molecule has 0 rings (SSSR count). The van der Waals surface area contributed by atoms with Crippen molar-refractivity contribution in [2.75, 3.05) is 39.6 Å². The highest BCUT2D eigenvalue weighted by Gasteiger charge is 1.89. The number of hydrogen-bond acceptors (Lipinski definition) is 5. The van der Waals surface area contributed by atoms with Crippen LogP contribution in [0.5, 0.6) is 0 Å². The van der Waals surface area contributed by atoms with Crippen LogP contribution in [0.15, 0.2) is 0 Å². The summed E-state index contributed by atoms with van der Waals surface area (Å²) in [6.45, 7) is 3.61. The lowest BCUT2D eigenvalue weighted by Gasteiger charge is -2.03. The fourth-order valence-corrected chi connectivity index (χ4v) is 1.20. The van der Waals surface area contributed by atoms with Gasteiger partial charge in [0.05, 0.1) is 42.2 Å². The first-order chi connectivity index (χ1) is 5.91. The van der Waals surface area contributed by atoms with Gasteiger partial charge in [0.1, 0.15) is 0 Å². The maximum Gasteiger partial charge on any atom is 0.0857 e. The lowest BCUT2D eigenvalue weighted by Crippen LogP contribution is -2.13. The van der Waals surface area contributed by atoms with Gasteiger partial charge in [-0.05, 0) is 0 Å². The molecule has 0 aromatic rings. The molecule has 0 bridgehead atoms. The first-order valence-electron chi connectivity index (χ1n) is 3.67. The van der Waals surface area contributed by atoms with E-state index in [1.165, 1.54) is 9.21 Å². The molecule has 74 valence electrons. The van der Waals surface area contributed by atoms with Crippen molar-refractivity contribution in [1.29, 1.82) is 0 Å². The van der Waals surface area contributed by atoms with Crippen molar-refractivity contribution in [3.8, 4) is 0 Å². The zero-order valence-electron chi connectivity index (χ0n) is 6.83. The van der Waals surface area contributed by atoms with Crippen LogP contribution in [0.25, 0.3) is 0 Å². The average molecular weight is 307 g/mol. The molecule has 0 aliphatic heterocycles. The van der Waals surface area contributed by atoms with Crippen LogP contribution in [0, 0.1) is 0 Å². The largest absolute Gasteiger partial charge is 0.378 e. The summed E-state index contributed by atoms with van der Waals surface area (Å²) in [5.74, 6) is 0. The monoisotopic (exact) mass is 307 g/mol. The second kappa shape index (κ2) is 11.9. The summed E-state index contributed by atoms with van der Waals surface area (Å²) in [6.07, 6.45) is 0. The first kappa shape index (κ1) is 12.9. The minimum Gasteiger partial charge on any atom is -0.378 e. The summed E-state index contributed by atoms with van der Waals surface area (Å²) in [6, 6.07) is 0. The van der Waals surface area contributed by atoms with Crippen molar-refractivity contribution in [2.45, 2.75) is 0 Å². The quantitative estimate of drug-likeness (QED) is 0.391. The Hall–Kier alpha value is 0.920. The fraction of sp³-hybridized carbons (Fsp3) is 1.00. The maximum absolute atomic E-state index is 5.22. The molecule has 0 aliphatic rings. The first-order valence-corrected chi connectivity index (χ1v) is 6.96. The van der Waals surface area contributed by atoms with Crippen molar-refractivity contribution in [2.24, 2.45) is 5.73 Å². The highest BCUT2D eigenvalue weighted by Crippen LogP contribution is 2.10. The van der Waals surface area contributed by atoms with E-state index in [-0.39, 0.29) is 0 Å². The third-order valence-corrected chi connectivity index (χ3v) is 2.01. The van der Waals surface area contributed by atoms with Gasteiger partial charge in [0, 0.05) is 27.8 Å². The SMILES string of the molecule is NCCOCCOCCOSI. The van der Waals surface area contributed by atoms with Gasteiger partial charge in [-0.2, -0.15) is 0 Å². The van der Waals surface area contributed by atoms with Crippen LogP contribution in [0.1, 0.15) is 0 Å². The molecule has 0 spiro atoms. The van der Waals surface area contributed by atoms with E-state index < -0.39 is 0 Å². The van der Waals surface area contributed by atoms with Crippen molar-refractivity contribution in [1.82, 2.24) is 0 Å². The Labute approximate surface area is 89.3 Å². The third kappa shape index (κ3) is 10.9. The highest BCUT2D eigenvalue weighted by atomic mass is 127. The summed E-state index contributed by atoms with van der Waals surface area (Å²) in [5.41, 5.74) is 5.22. The summed E-state index contributed by atoms with van der Waals surface area (Å²) in [5, 5.41) is 0. The molecule has 0 radical (unpaired) electrons. The van der Waals surface area contributed by atoms with Crippen LogP contribution >= 0.6 is 30.4 Å². The van der Waals surface area contributed by atoms with Gasteiger partial charge in [0.15, 0.2) is 0 Å². The lowest BCUT2D eigenvalue weighted by molar-refractivity contribution is 0.0414. The van der Waals surface area contributed by atoms with E-state index in [2.05, 4.69) is 21.2 Å². The molecule has 0 fully saturated rings. The summed E-state index contributed by atoms with van der Waals surface area (Å²) in [4.78, 5) is 0. The Kier molecular flexibility index (Phi) is 12.8. The van der Waals surface area contributed by atoms with Crippen LogP contribution < -0.4 is 5.73 Å². The lowest BCUT2D eigenvalue weighted by atomic mass is 10.7. The Morgan fingerprint density at radius 1 is 1.00 bits per heavy atom. The predicted molar refractivity (Wildman–Crippen MR) is 58.3 cm³/mol. The normalized spacial score (nSPS) is 10.5. The molecule has 12 heavy (non-hydrogen) atoms. The summed E-state index contributed by atoms with van der Waals surface area (Å²) in [7, 11) is 1.32. The number of hydrogen-bond donors (Lipinski definition) is 1. The summed E-state index contributed by atoms with van der Waals surface area (Å²) >= 11 is 2.07. The molecular formula is C6H14INO3S. The van der Waals surface area contributed by atoms with E-state index in [1.807, 2.05) is 0 Å². The second-order valence-corrected chi connectivity index (χ2v) is 3.34. The van der Waals surface area contributed by atoms with Crippen LogP contribution in [-0.2, 0) is 13.7 Å². The van der Waals surface area contributed by atoms with Gasteiger partial charge in [-0.25, -0.2) is 0 Å². The van der Waals surface area contributed by atoms with Gasteiger partial charge in [0.2, 0.25) is 0 Å². The number of rotatable bonds is 9. The van der Waals surface area contributed by atoms with Gasteiger partial charge in [-0.15, -0.1) is 0 Å². The Morgan fingerprint density at radius 3 is 2.17 bits per heavy atom. The van der Waals surface area contributed by atoms with Crippen LogP contribution in [0.2, 0.25) is 0 Å². The third-order valence-electron chi connectivity index (χ3n) is 0.990. The number of halogens is 1. The maximum atomic E-state index is 5.22. The molecule has 0 unspecified atom stereocenters. The standard InChI is InChI=1S/C6H14INO3S/c7-12-11-6-5-10-4-3-9-2-1-8/h1-6,8H2. The van der Waals surface area contributed by atoms with Gasteiger partial charge >= 0.3 is 0 Å². The minimum absolute atomic E-state index is 0.564. The fourth-order valence-electron chi connectivity index (χ4n) is 0.530. The van der Waals surface area contributed by atoms with Crippen molar-refractivity contribution < 1.29 is 13.7 Å². The van der Waals surface area contributed by atoms with E-state index in [4.69, 9.17) is 19.4 Å². The minimum atomic E-state index is 0.564. The van der Waals surface area contributed by atoms with E-state index >= 15 is 0 Å². The molecule has 0 saturated heterocycles.